The van der Waals surface area contributed by atoms with Crippen LogP contribution >= 0.6 is 46.4 Å². The minimum absolute atomic E-state index is 0.000808. The molecule has 0 aromatic heterocycles. The van der Waals surface area contributed by atoms with Gasteiger partial charge in [-0.1, -0.05) is 46.4 Å². The Balaban J connectivity index is 2.34. The van der Waals surface area contributed by atoms with Gasteiger partial charge >= 0.3 is 23.9 Å². The van der Waals surface area contributed by atoms with E-state index in [1.807, 2.05) is 0 Å². The lowest BCUT2D eigenvalue weighted by atomic mass is 9.84. The Labute approximate surface area is 219 Å². The fourth-order valence-corrected chi connectivity index (χ4v) is 5.95. The monoisotopic (exact) mass is 564 g/mol. The fraction of sp³-hybridized carbons (Fsp3) is 0. The summed E-state index contributed by atoms with van der Waals surface area (Å²) in [7, 11) is 0. The third-order valence-corrected chi connectivity index (χ3v) is 7.33. The zero-order valence-corrected chi connectivity index (χ0v) is 20.3. The van der Waals surface area contributed by atoms with Crippen LogP contribution in [0.15, 0.2) is 24.3 Å². The lowest BCUT2D eigenvalue weighted by molar-refractivity contribution is 0.0684. The van der Waals surface area contributed by atoms with E-state index in [0.717, 1.165) is 24.3 Å². The number of halogens is 4. The molecular formula is C24H8Cl4O8. The molecule has 4 N–H and O–H groups in total. The summed E-state index contributed by atoms with van der Waals surface area (Å²) in [6.07, 6.45) is 0. The van der Waals surface area contributed by atoms with E-state index in [1.165, 1.54) is 0 Å². The van der Waals surface area contributed by atoms with Gasteiger partial charge in [0, 0.05) is 52.8 Å². The highest BCUT2D eigenvalue weighted by Gasteiger charge is 2.30. The maximum atomic E-state index is 12.1. The minimum Gasteiger partial charge on any atom is -0.478 e. The van der Waals surface area contributed by atoms with Gasteiger partial charge in [0.05, 0.1) is 27.3 Å². The normalized spacial score (nSPS) is 11.7. The molecule has 0 amide bonds. The zero-order valence-electron chi connectivity index (χ0n) is 17.2. The molecule has 0 atom stereocenters. The molecule has 5 rings (SSSR count). The van der Waals surface area contributed by atoms with Crippen LogP contribution in [0.2, 0.25) is 20.1 Å². The van der Waals surface area contributed by atoms with Crippen LogP contribution in [0.1, 0.15) is 41.4 Å². The molecule has 0 saturated carbocycles. The predicted molar refractivity (Wildman–Crippen MR) is 136 cm³/mol. The lowest BCUT2D eigenvalue weighted by Gasteiger charge is -2.21. The molecule has 12 heteroatoms. The summed E-state index contributed by atoms with van der Waals surface area (Å²) in [4.78, 5) is 48.3. The van der Waals surface area contributed by atoms with Crippen molar-refractivity contribution in [2.45, 2.75) is 0 Å². The highest BCUT2D eigenvalue weighted by molar-refractivity contribution is 6.55. The van der Waals surface area contributed by atoms with E-state index >= 15 is 0 Å². The van der Waals surface area contributed by atoms with Crippen LogP contribution < -0.4 is 0 Å². The van der Waals surface area contributed by atoms with E-state index in [0.29, 0.717) is 0 Å². The van der Waals surface area contributed by atoms with Crippen molar-refractivity contribution >= 4 is 113 Å². The second kappa shape index (κ2) is 7.97. The van der Waals surface area contributed by atoms with Crippen molar-refractivity contribution in [2.75, 3.05) is 0 Å². The number of rotatable bonds is 4. The molecule has 5 aromatic rings. The minimum atomic E-state index is -1.48. The number of fused-ring (bicyclic) bond motifs is 2. The molecule has 0 bridgehead atoms. The third kappa shape index (κ3) is 3.09. The summed E-state index contributed by atoms with van der Waals surface area (Å²) in [6, 6.07) is 4.28. The Morgan fingerprint density at radius 2 is 0.833 bits per heavy atom. The summed E-state index contributed by atoms with van der Waals surface area (Å²) in [6.45, 7) is 0. The topological polar surface area (TPSA) is 149 Å². The molecule has 0 aliphatic carbocycles. The fourth-order valence-electron chi connectivity index (χ4n) is 4.74. The SMILES string of the molecule is O=C(O)c1cc2c(C(=O)O)cc(Cl)c3c4c(Cl)cc(C(=O)O)c5c(C(=O)O)cc(Cl)c(c(c1Cl)c23)c54. The van der Waals surface area contributed by atoms with Crippen LogP contribution in [0.25, 0.3) is 43.1 Å². The van der Waals surface area contributed by atoms with Crippen LogP contribution in [0.5, 0.6) is 0 Å². The Morgan fingerprint density at radius 3 is 1.28 bits per heavy atom. The van der Waals surface area contributed by atoms with Gasteiger partial charge in [0.15, 0.2) is 0 Å². The molecule has 8 nitrogen and oxygen atoms in total. The molecule has 0 unspecified atom stereocenters. The highest BCUT2D eigenvalue weighted by atomic mass is 35.5. The number of hydrogen-bond acceptors (Lipinski definition) is 4. The first-order chi connectivity index (χ1) is 16.9. The third-order valence-electron chi connectivity index (χ3n) is 6.04. The van der Waals surface area contributed by atoms with Gasteiger partial charge in [-0.2, -0.15) is 0 Å². The van der Waals surface area contributed by atoms with E-state index < -0.39 is 40.6 Å². The smallest absolute Gasteiger partial charge is 0.337 e. The van der Waals surface area contributed by atoms with Gasteiger partial charge in [-0.3, -0.25) is 0 Å². The molecule has 0 radical (unpaired) electrons. The number of hydrogen-bond donors (Lipinski definition) is 4. The Bertz CT molecular complexity index is 1870. The second-order valence-electron chi connectivity index (χ2n) is 7.85. The van der Waals surface area contributed by atoms with E-state index in [4.69, 9.17) is 46.4 Å². The molecule has 0 heterocycles. The number of benzene rings is 5. The average Bonchev–Trinajstić information content (AvgIpc) is 2.79. The van der Waals surface area contributed by atoms with E-state index in [-0.39, 0.29) is 68.7 Å². The molecule has 0 aliphatic rings. The molecule has 180 valence electrons. The Kier molecular flexibility index (Phi) is 5.35. The first-order valence-electron chi connectivity index (χ1n) is 9.78. The first-order valence-corrected chi connectivity index (χ1v) is 11.3. The Hall–Kier alpha value is -3.56. The molecule has 0 saturated heterocycles. The van der Waals surface area contributed by atoms with Gasteiger partial charge in [0.1, 0.15) is 0 Å². The molecule has 0 fully saturated rings. The standard InChI is InChI=1S/C24H8Cl4O8/c25-10-2-6(21(29)30)5-1-9(24(35)36)20(28)19-14(5)15(10)16-11(26)3-7(22(31)32)13-8(23(33)34)4-12(27)17(19)18(13)16/h1-4H,(H,29,30)(H,31,32)(H,33,34)(H,35,36). The van der Waals surface area contributed by atoms with Crippen LogP contribution in [-0.4, -0.2) is 44.3 Å². The van der Waals surface area contributed by atoms with Crippen LogP contribution in [0.4, 0.5) is 0 Å². The van der Waals surface area contributed by atoms with Crippen molar-refractivity contribution in [1.82, 2.24) is 0 Å². The van der Waals surface area contributed by atoms with Gasteiger partial charge in [-0.05, 0) is 29.7 Å². The van der Waals surface area contributed by atoms with Gasteiger partial charge in [-0.15, -0.1) is 0 Å². The summed E-state index contributed by atoms with van der Waals surface area (Å²) in [5.41, 5.74) is -1.67. The first kappa shape index (κ1) is 24.1. The number of aromatic carboxylic acids is 4. The predicted octanol–water partition coefficient (Wildman–Crippen LogP) is 7.14. The van der Waals surface area contributed by atoms with Crippen LogP contribution in [0.3, 0.4) is 0 Å². The van der Waals surface area contributed by atoms with E-state index in [2.05, 4.69) is 0 Å². The average molecular weight is 566 g/mol. The highest BCUT2D eigenvalue weighted by Crippen LogP contribution is 2.52. The number of carboxylic acid groups (broad SMARTS) is 4. The maximum Gasteiger partial charge on any atom is 0.337 e. The van der Waals surface area contributed by atoms with Gasteiger partial charge in [0.2, 0.25) is 0 Å². The van der Waals surface area contributed by atoms with Crippen molar-refractivity contribution in [3.05, 3.63) is 66.6 Å². The molecule has 0 aliphatic heterocycles. The maximum absolute atomic E-state index is 12.1. The summed E-state index contributed by atoms with van der Waals surface area (Å²) >= 11 is 26.1. The molecule has 5 aromatic carbocycles. The Morgan fingerprint density at radius 1 is 0.444 bits per heavy atom. The van der Waals surface area contributed by atoms with Crippen LogP contribution in [0, 0.1) is 0 Å². The van der Waals surface area contributed by atoms with Crippen molar-refractivity contribution in [2.24, 2.45) is 0 Å². The molecule has 36 heavy (non-hydrogen) atoms. The van der Waals surface area contributed by atoms with Gasteiger partial charge in [0.25, 0.3) is 0 Å². The number of carbonyl (C=O) groups is 4. The van der Waals surface area contributed by atoms with E-state index in [1.54, 1.807) is 0 Å². The van der Waals surface area contributed by atoms with E-state index in [9.17, 15) is 39.6 Å². The van der Waals surface area contributed by atoms with Gasteiger partial charge in [-0.25, -0.2) is 19.2 Å². The van der Waals surface area contributed by atoms with Crippen molar-refractivity contribution in [1.29, 1.82) is 0 Å². The summed E-state index contributed by atoms with van der Waals surface area (Å²) < 4.78 is 0. The summed E-state index contributed by atoms with van der Waals surface area (Å²) in [5, 5.41) is 38.5. The van der Waals surface area contributed by atoms with Crippen molar-refractivity contribution in [3.63, 3.8) is 0 Å². The lowest BCUT2D eigenvalue weighted by Crippen LogP contribution is -2.07. The summed E-state index contributed by atoms with van der Waals surface area (Å²) in [5.74, 6) is -5.83. The largest absolute Gasteiger partial charge is 0.478 e. The number of carboxylic acids is 4. The molecule has 0 spiro atoms. The van der Waals surface area contributed by atoms with Crippen LogP contribution in [-0.2, 0) is 0 Å². The van der Waals surface area contributed by atoms with Gasteiger partial charge < -0.3 is 20.4 Å². The molecular weight excluding hydrogens is 558 g/mol. The second-order valence-corrected chi connectivity index (χ2v) is 9.45. The van der Waals surface area contributed by atoms with Crippen molar-refractivity contribution < 1.29 is 39.6 Å². The zero-order chi connectivity index (χ0) is 26.4. The van der Waals surface area contributed by atoms with Crippen molar-refractivity contribution in [3.8, 4) is 0 Å². The quantitative estimate of drug-likeness (QED) is 0.132.